The number of carboxylic acids is 1. The third kappa shape index (κ3) is 3.72. The standard InChI is InChI=1S/C20H25N3O5/c1-3-12(2)17(19(26)27)21-16(24)8-9-22-18(25)15-10-13-6-4-5-7-14(13)11-23(15)20(22)28/h4-7,12,15,17H,3,8-11H2,1-2H3,(H,21,24)(H,26,27)/t12-,15+,17-/m0/s1. The summed E-state index contributed by atoms with van der Waals surface area (Å²) in [6.45, 7) is 3.92. The molecule has 2 aliphatic heterocycles. The first-order valence-electron chi connectivity index (χ1n) is 9.54. The van der Waals surface area contributed by atoms with Crippen molar-refractivity contribution >= 4 is 23.8 Å². The quantitative estimate of drug-likeness (QED) is 0.688. The molecule has 2 heterocycles. The summed E-state index contributed by atoms with van der Waals surface area (Å²) in [7, 11) is 0. The van der Waals surface area contributed by atoms with Crippen LogP contribution in [-0.4, -0.2) is 57.3 Å². The average molecular weight is 387 g/mol. The van der Waals surface area contributed by atoms with Gasteiger partial charge >= 0.3 is 12.0 Å². The van der Waals surface area contributed by atoms with Crippen molar-refractivity contribution in [2.45, 2.75) is 51.7 Å². The summed E-state index contributed by atoms with van der Waals surface area (Å²) in [5, 5.41) is 11.8. The third-order valence-corrected chi connectivity index (χ3v) is 5.63. The number of aliphatic carboxylic acids is 1. The van der Waals surface area contributed by atoms with Crippen LogP contribution in [0.15, 0.2) is 24.3 Å². The Kier molecular flexibility index (Phi) is 5.67. The third-order valence-electron chi connectivity index (χ3n) is 5.63. The number of hydrogen-bond acceptors (Lipinski definition) is 4. The highest BCUT2D eigenvalue weighted by molar-refractivity contribution is 6.05. The zero-order valence-electron chi connectivity index (χ0n) is 16.1. The molecule has 0 spiro atoms. The molecule has 0 saturated carbocycles. The van der Waals surface area contributed by atoms with E-state index in [9.17, 15) is 24.3 Å². The minimum atomic E-state index is -1.09. The number of urea groups is 1. The maximum absolute atomic E-state index is 12.7. The average Bonchev–Trinajstić information content (AvgIpc) is 2.91. The van der Waals surface area contributed by atoms with Crippen molar-refractivity contribution < 1.29 is 24.3 Å². The first-order chi connectivity index (χ1) is 13.3. The number of benzene rings is 1. The highest BCUT2D eigenvalue weighted by atomic mass is 16.4. The van der Waals surface area contributed by atoms with Crippen LogP contribution in [0.2, 0.25) is 0 Å². The smallest absolute Gasteiger partial charge is 0.327 e. The summed E-state index contributed by atoms with van der Waals surface area (Å²) in [4.78, 5) is 51.5. The van der Waals surface area contributed by atoms with Gasteiger partial charge < -0.3 is 15.3 Å². The van der Waals surface area contributed by atoms with Crippen LogP contribution in [0.4, 0.5) is 4.79 Å². The van der Waals surface area contributed by atoms with Crippen molar-refractivity contribution in [3.8, 4) is 0 Å². The van der Waals surface area contributed by atoms with Crippen LogP contribution in [0.3, 0.4) is 0 Å². The molecular weight excluding hydrogens is 362 g/mol. The van der Waals surface area contributed by atoms with Gasteiger partial charge in [-0.2, -0.15) is 0 Å². The number of carbonyl (C=O) groups is 4. The SMILES string of the molecule is CC[C@H](C)[C@H](NC(=O)CCN1C(=O)[C@H]2Cc3ccccc3CN2C1=O)C(=O)O. The number of carbonyl (C=O) groups excluding carboxylic acids is 3. The fraction of sp³-hybridized carbons (Fsp3) is 0.500. The summed E-state index contributed by atoms with van der Waals surface area (Å²) in [5.41, 5.74) is 2.08. The Bertz CT molecular complexity index is 766. The topological polar surface area (TPSA) is 107 Å². The molecule has 1 aromatic carbocycles. The Morgan fingerprint density at radius 3 is 2.57 bits per heavy atom. The number of amides is 4. The Labute approximate surface area is 163 Å². The fourth-order valence-electron chi connectivity index (χ4n) is 3.72. The normalized spacial score (nSPS) is 20.4. The van der Waals surface area contributed by atoms with Crippen molar-refractivity contribution in [2.75, 3.05) is 6.54 Å². The molecule has 8 heteroatoms. The molecule has 4 amide bonds. The highest BCUT2D eigenvalue weighted by Crippen LogP contribution is 2.30. The van der Waals surface area contributed by atoms with E-state index in [4.69, 9.17) is 0 Å². The minimum absolute atomic E-state index is 0.0559. The van der Waals surface area contributed by atoms with Crippen LogP contribution >= 0.6 is 0 Å². The molecule has 3 atom stereocenters. The Hall–Kier alpha value is -2.90. The number of nitrogens with one attached hydrogen (secondary N) is 1. The Balaban J connectivity index is 1.61. The van der Waals surface area contributed by atoms with Gasteiger partial charge in [-0.3, -0.25) is 14.5 Å². The Morgan fingerprint density at radius 2 is 1.93 bits per heavy atom. The summed E-state index contributed by atoms with van der Waals surface area (Å²) < 4.78 is 0. The van der Waals surface area contributed by atoms with Crippen molar-refractivity contribution in [3.05, 3.63) is 35.4 Å². The Morgan fingerprint density at radius 1 is 1.25 bits per heavy atom. The molecule has 0 unspecified atom stereocenters. The van der Waals surface area contributed by atoms with Gasteiger partial charge in [0.15, 0.2) is 0 Å². The van der Waals surface area contributed by atoms with Crippen LogP contribution in [0.25, 0.3) is 0 Å². The van der Waals surface area contributed by atoms with Crippen molar-refractivity contribution in [3.63, 3.8) is 0 Å². The largest absolute Gasteiger partial charge is 0.480 e. The van der Waals surface area contributed by atoms with E-state index in [0.717, 1.165) is 16.0 Å². The molecule has 150 valence electrons. The lowest BCUT2D eigenvalue weighted by atomic mass is 9.95. The highest BCUT2D eigenvalue weighted by Gasteiger charge is 2.46. The number of fused-ring (bicyclic) bond motifs is 2. The van der Waals surface area contributed by atoms with Crippen molar-refractivity contribution in [2.24, 2.45) is 5.92 Å². The fourth-order valence-corrected chi connectivity index (χ4v) is 3.72. The molecule has 0 aromatic heterocycles. The molecule has 8 nitrogen and oxygen atoms in total. The van der Waals surface area contributed by atoms with Gasteiger partial charge in [0.1, 0.15) is 12.1 Å². The van der Waals surface area contributed by atoms with E-state index in [-0.39, 0.29) is 24.8 Å². The number of imide groups is 1. The maximum Gasteiger partial charge on any atom is 0.327 e. The molecule has 3 rings (SSSR count). The first kappa shape index (κ1) is 19.9. The second kappa shape index (κ2) is 8.00. The van der Waals surface area contributed by atoms with Gasteiger partial charge in [-0.05, 0) is 17.0 Å². The van der Waals surface area contributed by atoms with Crippen LogP contribution in [0.1, 0.15) is 37.8 Å². The van der Waals surface area contributed by atoms with E-state index in [2.05, 4.69) is 5.32 Å². The van der Waals surface area contributed by atoms with Crippen LogP contribution < -0.4 is 5.32 Å². The molecule has 0 radical (unpaired) electrons. The number of hydrogen-bond donors (Lipinski definition) is 2. The lowest BCUT2D eigenvalue weighted by molar-refractivity contribution is -0.143. The van der Waals surface area contributed by atoms with Crippen LogP contribution in [0, 0.1) is 5.92 Å². The summed E-state index contributed by atoms with van der Waals surface area (Å²) in [6.07, 6.45) is 0.960. The zero-order chi connectivity index (χ0) is 20.4. The summed E-state index contributed by atoms with van der Waals surface area (Å²) >= 11 is 0. The number of carboxylic acid groups (broad SMARTS) is 1. The van der Waals surface area contributed by atoms with Crippen molar-refractivity contribution in [1.29, 1.82) is 0 Å². The predicted molar refractivity (Wildman–Crippen MR) is 100 cm³/mol. The van der Waals surface area contributed by atoms with Gasteiger partial charge in [0.05, 0.1) is 0 Å². The first-order valence-corrected chi connectivity index (χ1v) is 9.54. The van der Waals surface area contributed by atoms with Gasteiger partial charge in [0.25, 0.3) is 5.91 Å². The molecule has 1 fully saturated rings. The van der Waals surface area contributed by atoms with Gasteiger partial charge in [-0.25, -0.2) is 9.59 Å². The number of nitrogens with zero attached hydrogens (tertiary/aromatic N) is 2. The minimum Gasteiger partial charge on any atom is -0.480 e. The van der Waals surface area contributed by atoms with Gasteiger partial charge in [-0.15, -0.1) is 0 Å². The van der Waals surface area contributed by atoms with Gasteiger partial charge in [0, 0.05) is 25.9 Å². The van der Waals surface area contributed by atoms with Crippen LogP contribution in [-0.2, 0) is 27.3 Å². The molecule has 28 heavy (non-hydrogen) atoms. The van der Waals surface area contributed by atoms with Crippen molar-refractivity contribution in [1.82, 2.24) is 15.1 Å². The molecule has 2 N–H and O–H groups in total. The van der Waals surface area contributed by atoms with E-state index >= 15 is 0 Å². The van der Waals surface area contributed by atoms with Gasteiger partial charge in [0.2, 0.25) is 5.91 Å². The molecule has 1 saturated heterocycles. The molecular formula is C20H25N3O5. The zero-order valence-corrected chi connectivity index (χ0v) is 16.1. The van der Waals surface area contributed by atoms with E-state index in [0.29, 0.717) is 19.4 Å². The van der Waals surface area contributed by atoms with E-state index in [1.54, 1.807) is 11.8 Å². The van der Waals surface area contributed by atoms with E-state index in [1.165, 1.54) is 0 Å². The lowest BCUT2D eigenvalue weighted by Gasteiger charge is -2.28. The van der Waals surface area contributed by atoms with Crippen LogP contribution in [0.5, 0.6) is 0 Å². The molecule has 0 bridgehead atoms. The number of rotatable bonds is 7. The monoisotopic (exact) mass is 387 g/mol. The van der Waals surface area contributed by atoms with E-state index < -0.39 is 30.0 Å². The second-order valence-corrected chi connectivity index (χ2v) is 7.41. The summed E-state index contributed by atoms with van der Waals surface area (Å²) in [5.74, 6) is -2.10. The molecule has 1 aromatic rings. The molecule has 0 aliphatic carbocycles. The van der Waals surface area contributed by atoms with E-state index in [1.807, 2.05) is 31.2 Å². The molecule has 2 aliphatic rings. The van der Waals surface area contributed by atoms with Gasteiger partial charge in [-0.1, -0.05) is 44.5 Å². The second-order valence-electron chi connectivity index (χ2n) is 7.41. The predicted octanol–water partition coefficient (Wildman–Crippen LogP) is 1.38. The maximum atomic E-state index is 12.7. The lowest BCUT2D eigenvalue weighted by Crippen LogP contribution is -2.46. The summed E-state index contributed by atoms with van der Waals surface area (Å²) in [6, 6.07) is 5.81.